The van der Waals surface area contributed by atoms with Crippen molar-refractivity contribution < 1.29 is 9.90 Å². The highest BCUT2D eigenvalue weighted by Crippen LogP contribution is 2.21. The molecule has 7 nitrogen and oxygen atoms in total. The molecule has 0 aliphatic heterocycles. The summed E-state index contributed by atoms with van der Waals surface area (Å²) in [4.78, 5) is 13.2. The zero-order valence-electron chi connectivity index (χ0n) is 12.5. The van der Waals surface area contributed by atoms with Crippen molar-refractivity contribution in [2.24, 2.45) is 0 Å². The summed E-state index contributed by atoms with van der Waals surface area (Å²) in [5.41, 5.74) is 2.32. The van der Waals surface area contributed by atoms with E-state index in [1.54, 1.807) is 18.2 Å². The van der Waals surface area contributed by atoms with Gasteiger partial charge < -0.3 is 10.4 Å². The van der Waals surface area contributed by atoms with Crippen LogP contribution in [0.2, 0.25) is 0 Å². The van der Waals surface area contributed by atoms with Gasteiger partial charge in [-0.25, -0.2) is 0 Å². The molecule has 23 heavy (non-hydrogen) atoms. The van der Waals surface area contributed by atoms with E-state index in [9.17, 15) is 9.90 Å². The first-order valence-corrected chi connectivity index (χ1v) is 7.04. The number of phenols is 1. The number of carbonyl (C=O) groups excluding carboxylic acids is 1. The molecular weight excluding hydrogens is 294 g/mol. The first-order valence-electron chi connectivity index (χ1n) is 7.04. The molecule has 0 aliphatic rings. The highest BCUT2D eigenvalue weighted by atomic mass is 16.3. The van der Waals surface area contributed by atoms with Gasteiger partial charge in [-0.1, -0.05) is 42.0 Å². The molecule has 0 fully saturated rings. The van der Waals surface area contributed by atoms with Gasteiger partial charge in [0.25, 0.3) is 0 Å². The Balaban J connectivity index is 1.68. The fourth-order valence-corrected chi connectivity index (χ4v) is 2.03. The van der Waals surface area contributed by atoms with E-state index in [0.717, 1.165) is 11.1 Å². The van der Waals surface area contributed by atoms with Gasteiger partial charge in [-0.05, 0) is 24.3 Å². The monoisotopic (exact) mass is 309 g/mol. The number of aromatic nitrogens is 4. The smallest absolute Gasteiger partial charge is 0.248 e. The highest BCUT2D eigenvalue weighted by molar-refractivity contribution is 5.91. The highest BCUT2D eigenvalue weighted by Gasteiger charge is 2.10. The Bertz CT molecular complexity index is 826. The van der Waals surface area contributed by atoms with Crippen molar-refractivity contribution in [3.8, 4) is 17.1 Å². The number of aryl methyl sites for hydroxylation is 1. The first kappa shape index (κ1) is 14.7. The van der Waals surface area contributed by atoms with Gasteiger partial charge in [-0.15, -0.1) is 10.2 Å². The number of aromatic hydroxyl groups is 1. The van der Waals surface area contributed by atoms with Crippen LogP contribution >= 0.6 is 0 Å². The maximum Gasteiger partial charge on any atom is 0.248 e. The largest absolute Gasteiger partial charge is 0.506 e. The molecule has 0 atom stereocenters. The Labute approximate surface area is 132 Å². The van der Waals surface area contributed by atoms with E-state index < -0.39 is 0 Å². The molecule has 3 aromatic rings. The number of nitrogens with one attached hydrogen (secondary N) is 1. The number of benzene rings is 2. The number of anilines is 1. The molecule has 0 spiro atoms. The normalized spacial score (nSPS) is 10.5. The van der Waals surface area contributed by atoms with Crippen molar-refractivity contribution in [2.45, 2.75) is 13.5 Å². The zero-order valence-corrected chi connectivity index (χ0v) is 12.5. The molecule has 0 unspecified atom stereocenters. The number of carbonyl (C=O) groups is 1. The second-order valence-electron chi connectivity index (χ2n) is 5.07. The fraction of sp³-hybridized carbons (Fsp3) is 0.125. The van der Waals surface area contributed by atoms with Crippen LogP contribution in [0.1, 0.15) is 5.56 Å². The Morgan fingerprint density at radius 1 is 1.17 bits per heavy atom. The molecule has 3 rings (SSSR count). The van der Waals surface area contributed by atoms with Crippen LogP contribution in [-0.4, -0.2) is 31.2 Å². The number of amides is 1. The third-order valence-electron chi connectivity index (χ3n) is 3.23. The van der Waals surface area contributed by atoms with Crippen LogP contribution in [0.5, 0.6) is 5.75 Å². The number of para-hydroxylation sites is 2. The van der Waals surface area contributed by atoms with Crippen LogP contribution in [0, 0.1) is 6.92 Å². The van der Waals surface area contributed by atoms with E-state index in [-0.39, 0.29) is 18.2 Å². The molecule has 0 saturated heterocycles. The maximum atomic E-state index is 12.0. The molecule has 0 aliphatic carbocycles. The van der Waals surface area contributed by atoms with E-state index in [1.165, 1.54) is 10.9 Å². The molecule has 2 N–H and O–H groups in total. The van der Waals surface area contributed by atoms with Crippen LogP contribution in [0.3, 0.4) is 0 Å². The zero-order chi connectivity index (χ0) is 16.2. The second kappa shape index (κ2) is 6.27. The lowest BCUT2D eigenvalue weighted by atomic mass is 10.1. The number of phenolic OH excluding ortho intramolecular Hbond substituents is 1. The molecule has 1 aromatic heterocycles. The van der Waals surface area contributed by atoms with Crippen molar-refractivity contribution in [3.05, 3.63) is 54.1 Å². The van der Waals surface area contributed by atoms with Gasteiger partial charge in [0.2, 0.25) is 11.7 Å². The minimum absolute atomic E-state index is 0.00717. The topological polar surface area (TPSA) is 92.9 Å². The van der Waals surface area contributed by atoms with Gasteiger partial charge in [0, 0.05) is 5.56 Å². The molecule has 0 radical (unpaired) electrons. The predicted octanol–water partition coefficient (Wildman–Crippen LogP) is 1.99. The van der Waals surface area contributed by atoms with Crippen molar-refractivity contribution in [1.82, 2.24) is 20.2 Å². The van der Waals surface area contributed by atoms with Gasteiger partial charge in [-0.3, -0.25) is 4.79 Å². The number of rotatable bonds is 4. The number of hydrogen-bond donors (Lipinski definition) is 2. The van der Waals surface area contributed by atoms with Crippen LogP contribution in [0.25, 0.3) is 11.4 Å². The summed E-state index contributed by atoms with van der Waals surface area (Å²) in [6.07, 6.45) is 0. The van der Waals surface area contributed by atoms with Crippen LogP contribution < -0.4 is 5.32 Å². The summed E-state index contributed by atoms with van der Waals surface area (Å²) in [5.74, 6) is 0.118. The lowest BCUT2D eigenvalue weighted by molar-refractivity contribution is -0.117. The maximum absolute atomic E-state index is 12.0. The minimum Gasteiger partial charge on any atom is -0.506 e. The SMILES string of the molecule is Cc1ccc(-c2nnn(CC(=O)Nc3ccccc3O)n2)cc1. The summed E-state index contributed by atoms with van der Waals surface area (Å²) in [6, 6.07) is 14.2. The molecular formula is C16H15N5O2. The van der Waals surface area contributed by atoms with E-state index in [4.69, 9.17) is 0 Å². The van der Waals surface area contributed by atoms with Gasteiger partial charge in [0.05, 0.1) is 5.69 Å². The summed E-state index contributed by atoms with van der Waals surface area (Å²) in [5, 5.41) is 24.2. The first-order chi connectivity index (χ1) is 11.1. The summed E-state index contributed by atoms with van der Waals surface area (Å²) >= 11 is 0. The Hall–Kier alpha value is -3.22. The standard InChI is InChI=1S/C16H15N5O2/c1-11-6-8-12(9-7-11)16-18-20-21(19-16)10-15(23)17-13-4-2-3-5-14(13)22/h2-9,22H,10H2,1H3,(H,17,23). The van der Waals surface area contributed by atoms with Crippen LogP contribution in [0.4, 0.5) is 5.69 Å². The van der Waals surface area contributed by atoms with E-state index in [2.05, 4.69) is 20.7 Å². The number of hydrogen-bond acceptors (Lipinski definition) is 5. The van der Waals surface area contributed by atoms with E-state index in [0.29, 0.717) is 11.5 Å². The minimum atomic E-state index is -0.348. The summed E-state index contributed by atoms with van der Waals surface area (Å²) in [6.45, 7) is 1.91. The molecule has 0 bridgehead atoms. The number of tetrazole rings is 1. The Kier molecular flexibility index (Phi) is 4.01. The summed E-state index contributed by atoms with van der Waals surface area (Å²) < 4.78 is 0. The molecule has 1 amide bonds. The quantitative estimate of drug-likeness (QED) is 0.719. The van der Waals surface area contributed by atoms with Crippen molar-refractivity contribution >= 4 is 11.6 Å². The third-order valence-corrected chi connectivity index (χ3v) is 3.23. The molecule has 2 aromatic carbocycles. The summed E-state index contributed by atoms with van der Waals surface area (Å²) in [7, 11) is 0. The van der Waals surface area contributed by atoms with Gasteiger partial charge in [0.1, 0.15) is 12.3 Å². The Morgan fingerprint density at radius 3 is 2.65 bits per heavy atom. The van der Waals surface area contributed by atoms with E-state index in [1.807, 2.05) is 31.2 Å². The average Bonchev–Trinajstić information content (AvgIpc) is 2.98. The fourth-order valence-electron chi connectivity index (χ4n) is 2.03. The van der Waals surface area contributed by atoms with E-state index >= 15 is 0 Å². The predicted molar refractivity (Wildman–Crippen MR) is 84.7 cm³/mol. The van der Waals surface area contributed by atoms with Crippen LogP contribution in [-0.2, 0) is 11.3 Å². The lowest BCUT2D eigenvalue weighted by Gasteiger charge is -2.05. The molecule has 116 valence electrons. The van der Waals surface area contributed by atoms with Crippen molar-refractivity contribution in [2.75, 3.05) is 5.32 Å². The second-order valence-corrected chi connectivity index (χ2v) is 5.07. The Morgan fingerprint density at radius 2 is 1.91 bits per heavy atom. The van der Waals surface area contributed by atoms with Gasteiger partial charge in [0.15, 0.2) is 0 Å². The van der Waals surface area contributed by atoms with Crippen LogP contribution in [0.15, 0.2) is 48.5 Å². The van der Waals surface area contributed by atoms with Crippen molar-refractivity contribution in [3.63, 3.8) is 0 Å². The molecule has 7 heteroatoms. The molecule has 0 saturated carbocycles. The van der Waals surface area contributed by atoms with Gasteiger partial charge in [-0.2, -0.15) is 4.80 Å². The molecule has 1 heterocycles. The third kappa shape index (κ3) is 3.52. The number of nitrogens with zero attached hydrogens (tertiary/aromatic N) is 4. The lowest BCUT2D eigenvalue weighted by Crippen LogP contribution is -2.20. The average molecular weight is 309 g/mol. The van der Waals surface area contributed by atoms with Gasteiger partial charge >= 0.3 is 0 Å². The van der Waals surface area contributed by atoms with Crippen molar-refractivity contribution in [1.29, 1.82) is 0 Å².